The number of rotatable bonds is 4. The number of methoxy groups -OCH3 is 1. The molecule has 4 atom stereocenters. The minimum Gasteiger partial charge on any atom is -0.467 e. The van der Waals surface area contributed by atoms with Crippen LogP contribution in [-0.2, 0) is 15.9 Å². The molecule has 1 aromatic rings. The molecular formula is C29H40Br2O4. The molecule has 0 N–H and O–H groups in total. The number of fused-ring (bicyclic) bond motifs is 3. The van der Waals surface area contributed by atoms with Crippen molar-refractivity contribution < 1.29 is 19.0 Å². The van der Waals surface area contributed by atoms with Gasteiger partial charge in [0.1, 0.15) is 11.9 Å². The monoisotopic (exact) mass is 610 g/mol. The first-order valence-electron chi connectivity index (χ1n) is 12.6. The van der Waals surface area contributed by atoms with Gasteiger partial charge in [0.25, 0.3) is 0 Å². The minimum atomic E-state index is -0.329. The Morgan fingerprint density at radius 1 is 1.26 bits per heavy atom. The van der Waals surface area contributed by atoms with Gasteiger partial charge in [0.05, 0.1) is 9.89 Å². The fraction of sp³-hybridized carbons (Fsp3) is 0.621. The Hall–Kier alpha value is -1.11. The molecule has 0 spiro atoms. The highest BCUT2D eigenvalue weighted by atomic mass is 79.9. The molecule has 1 unspecified atom stereocenters. The van der Waals surface area contributed by atoms with Crippen LogP contribution in [0.15, 0.2) is 42.0 Å². The van der Waals surface area contributed by atoms with Crippen LogP contribution in [0.25, 0.3) is 0 Å². The molecule has 6 heteroatoms. The average Bonchev–Trinajstić information content (AvgIpc) is 2.80. The third-order valence-electron chi connectivity index (χ3n) is 7.77. The van der Waals surface area contributed by atoms with Crippen LogP contribution in [0.2, 0.25) is 0 Å². The maximum absolute atomic E-state index is 13.3. The number of alkyl halides is 2. The zero-order valence-corrected chi connectivity index (χ0v) is 25.0. The molecule has 0 amide bonds. The third-order valence-corrected chi connectivity index (χ3v) is 9.78. The van der Waals surface area contributed by atoms with Crippen molar-refractivity contribution in [3.63, 3.8) is 0 Å². The zero-order chi connectivity index (χ0) is 25.8. The Labute approximate surface area is 228 Å². The number of carbonyl (C=O) groups is 1. The van der Waals surface area contributed by atoms with Crippen molar-refractivity contribution in [1.29, 1.82) is 0 Å². The van der Waals surface area contributed by atoms with Gasteiger partial charge in [0.2, 0.25) is 0 Å². The van der Waals surface area contributed by atoms with Crippen molar-refractivity contribution in [3.8, 4) is 5.75 Å². The van der Waals surface area contributed by atoms with Crippen LogP contribution in [0, 0.1) is 11.3 Å². The number of carbonyl (C=O) groups excluding carboxylic acids is 1. The number of allylic oxidation sites excluding steroid dienone is 3. The lowest BCUT2D eigenvalue weighted by Crippen LogP contribution is -2.41. The fourth-order valence-corrected chi connectivity index (χ4v) is 6.49. The van der Waals surface area contributed by atoms with E-state index in [-0.39, 0.29) is 34.5 Å². The van der Waals surface area contributed by atoms with E-state index in [1.54, 1.807) is 13.2 Å². The molecule has 194 valence electrons. The summed E-state index contributed by atoms with van der Waals surface area (Å²) in [6.07, 6.45) is 8.73. The molecule has 1 aliphatic carbocycles. The summed E-state index contributed by atoms with van der Waals surface area (Å²) in [6, 6.07) is 5.61. The molecule has 0 saturated heterocycles. The lowest BCUT2D eigenvalue weighted by atomic mass is 9.61. The van der Waals surface area contributed by atoms with Crippen molar-refractivity contribution in [2.45, 2.75) is 87.9 Å². The molecule has 35 heavy (non-hydrogen) atoms. The highest BCUT2D eigenvalue weighted by Gasteiger charge is 2.44. The van der Waals surface area contributed by atoms with Gasteiger partial charge in [-0.2, -0.15) is 0 Å². The molecule has 0 radical (unpaired) electrons. The number of halogens is 2. The molecule has 1 saturated carbocycles. The summed E-state index contributed by atoms with van der Waals surface area (Å²) < 4.78 is 16.8. The maximum atomic E-state index is 13.3. The molecular weight excluding hydrogens is 572 g/mol. The van der Waals surface area contributed by atoms with Gasteiger partial charge in [0.15, 0.2) is 6.79 Å². The summed E-state index contributed by atoms with van der Waals surface area (Å²) in [4.78, 5) is 13.7. The van der Waals surface area contributed by atoms with Crippen molar-refractivity contribution in [3.05, 3.63) is 53.1 Å². The number of cyclic esters (lactones) is 1. The van der Waals surface area contributed by atoms with E-state index in [2.05, 4.69) is 72.2 Å². The second kappa shape index (κ2) is 12.0. The number of esters is 1. The van der Waals surface area contributed by atoms with Crippen molar-refractivity contribution >= 4 is 37.8 Å². The number of hydrogen-bond acceptors (Lipinski definition) is 4. The van der Waals surface area contributed by atoms with Crippen LogP contribution >= 0.6 is 31.9 Å². The fourth-order valence-electron chi connectivity index (χ4n) is 5.39. The van der Waals surface area contributed by atoms with Gasteiger partial charge in [-0.1, -0.05) is 62.6 Å². The number of benzene rings is 1. The van der Waals surface area contributed by atoms with Crippen LogP contribution in [0.1, 0.15) is 82.1 Å². The Morgan fingerprint density at radius 3 is 2.69 bits per heavy atom. The number of ether oxygens (including phenoxy) is 3. The average molecular weight is 612 g/mol. The van der Waals surface area contributed by atoms with Gasteiger partial charge >= 0.3 is 5.97 Å². The first-order chi connectivity index (χ1) is 16.5. The van der Waals surface area contributed by atoms with Crippen LogP contribution in [0.5, 0.6) is 5.75 Å². The van der Waals surface area contributed by atoms with E-state index in [0.29, 0.717) is 10.4 Å². The van der Waals surface area contributed by atoms with E-state index >= 15 is 0 Å². The molecule has 1 heterocycles. The van der Waals surface area contributed by atoms with Crippen molar-refractivity contribution in [2.24, 2.45) is 11.3 Å². The second-order valence-electron chi connectivity index (χ2n) is 10.9. The first-order valence-corrected chi connectivity index (χ1v) is 14.3. The summed E-state index contributed by atoms with van der Waals surface area (Å²) in [6.45, 7) is 13.3. The van der Waals surface area contributed by atoms with Crippen molar-refractivity contribution in [2.75, 3.05) is 13.9 Å². The van der Waals surface area contributed by atoms with Gasteiger partial charge in [0, 0.05) is 11.9 Å². The van der Waals surface area contributed by atoms with Gasteiger partial charge < -0.3 is 14.2 Å². The van der Waals surface area contributed by atoms with Crippen LogP contribution in [0.4, 0.5) is 0 Å². The molecule has 0 aromatic heterocycles. The van der Waals surface area contributed by atoms with Gasteiger partial charge in [-0.05, 0) is 101 Å². The molecule has 2 aliphatic rings. The van der Waals surface area contributed by atoms with Crippen LogP contribution in [0.3, 0.4) is 0 Å². The van der Waals surface area contributed by atoms with Crippen LogP contribution < -0.4 is 4.74 Å². The molecule has 1 fully saturated rings. The predicted octanol–water partition coefficient (Wildman–Crippen LogP) is 8.17. The maximum Gasteiger partial charge on any atom is 0.338 e. The highest BCUT2D eigenvalue weighted by molar-refractivity contribution is 9.10. The quantitative estimate of drug-likeness (QED) is 0.149. The van der Waals surface area contributed by atoms with E-state index in [1.165, 1.54) is 11.1 Å². The van der Waals surface area contributed by atoms with E-state index < -0.39 is 0 Å². The van der Waals surface area contributed by atoms with Gasteiger partial charge in [-0.15, -0.1) is 0 Å². The zero-order valence-electron chi connectivity index (χ0n) is 21.8. The molecule has 2 bridgehead atoms. The van der Waals surface area contributed by atoms with Gasteiger partial charge in [-0.3, -0.25) is 0 Å². The molecule has 1 aliphatic heterocycles. The van der Waals surface area contributed by atoms with E-state index in [0.717, 1.165) is 56.3 Å². The summed E-state index contributed by atoms with van der Waals surface area (Å²) in [5.41, 5.74) is 4.20. The first kappa shape index (κ1) is 28.5. The predicted molar refractivity (Wildman–Crippen MR) is 150 cm³/mol. The van der Waals surface area contributed by atoms with E-state index in [9.17, 15) is 4.79 Å². The smallest absolute Gasteiger partial charge is 0.338 e. The Kier molecular flexibility index (Phi) is 9.72. The third kappa shape index (κ3) is 7.01. The van der Waals surface area contributed by atoms with Crippen molar-refractivity contribution in [1.82, 2.24) is 0 Å². The summed E-state index contributed by atoms with van der Waals surface area (Å²) in [5.74, 6) is 0.708. The van der Waals surface area contributed by atoms with Crippen LogP contribution in [-0.4, -0.2) is 35.1 Å². The largest absolute Gasteiger partial charge is 0.467 e. The molecule has 4 nitrogen and oxygen atoms in total. The Morgan fingerprint density at radius 2 is 2.00 bits per heavy atom. The second-order valence-corrected chi connectivity index (χ2v) is 14.0. The lowest BCUT2D eigenvalue weighted by Gasteiger charge is -2.47. The summed E-state index contributed by atoms with van der Waals surface area (Å²) >= 11 is 7.78. The Bertz CT molecular complexity index is 948. The SMILES string of the molecule is C=C1CC[C@H](Br)[C@@]2(C)CC/C=C(\C)CC[C@@H](C(C)(C)Br)OC(=O)c3ccc(OCOC)c(c3)CC12. The minimum absolute atomic E-state index is 0.0434. The Balaban J connectivity index is 2.07. The lowest BCUT2D eigenvalue weighted by molar-refractivity contribution is 0.0214. The normalized spacial score (nSPS) is 30.3. The number of hydrogen-bond donors (Lipinski definition) is 0. The standard InChI is InChI=1S/C29H40Br2O4/c1-19-8-7-15-29(5)23(20(2)10-13-25(29)30)17-22-16-21(11-12-24(22)34-18-33-6)27(32)35-26(14-9-19)28(3,4)31/h8,11-12,16,23,25-26H,2,7,9-10,13-15,17-18H2,1,3-6H3/b19-8+/t23?,25-,26-,29-/m0/s1. The summed E-state index contributed by atoms with van der Waals surface area (Å²) in [7, 11) is 1.61. The van der Waals surface area contributed by atoms with E-state index in [1.807, 2.05) is 12.1 Å². The topological polar surface area (TPSA) is 44.8 Å². The highest BCUT2D eigenvalue weighted by Crippen LogP contribution is 2.52. The van der Waals surface area contributed by atoms with E-state index in [4.69, 9.17) is 14.2 Å². The summed E-state index contributed by atoms with van der Waals surface area (Å²) in [5, 5.41) is 0. The molecule has 1 aromatic carbocycles. The van der Waals surface area contributed by atoms with Gasteiger partial charge in [-0.25, -0.2) is 4.79 Å². The molecule has 3 rings (SSSR count).